The van der Waals surface area contributed by atoms with Crippen LogP contribution in [0.15, 0.2) is 55.0 Å². The molecule has 1 saturated carbocycles. The van der Waals surface area contributed by atoms with Crippen molar-refractivity contribution in [1.29, 1.82) is 5.26 Å². The number of nitriles is 1. The fraction of sp³-hybridized carbons (Fsp3) is 0.286. The molecule has 4 heterocycles. The molecule has 3 aromatic heterocycles. The van der Waals surface area contributed by atoms with Gasteiger partial charge < -0.3 is 15.2 Å². The molecule has 9 nitrogen and oxygen atoms in total. The number of benzene rings is 1. The number of rotatable bonds is 1. The summed E-state index contributed by atoms with van der Waals surface area (Å²) in [6, 6.07) is 12.3. The van der Waals surface area contributed by atoms with Crippen LogP contribution in [-0.2, 0) is 21.1 Å². The van der Waals surface area contributed by atoms with Gasteiger partial charge in [-0.15, -0.1) is 0 Å². The molecule has 2 bridgehead atoms. The van der Waals surface area contributed by atoms with Crippen LogP contribution in [0.4, 0.5) is 4.39 Å². The van der Waals surface area contributed by atoms with Crippen LogP contribution in [0.1, 0.15) is 77.3 Å². The summed E-state index contributed by atoms with van der Waals surface area (Å²) in [6.45, 7) is 1.89. The number of hydrogen-bond donors (Lipinski definition) is 3. The summed E-state index contributed by atoms with van der Waals surface area (Å²) in [7, 11) is 0. The molecular weight excluding hydrogens is 673 g/mol. The summed E-state index contributed by atoms with van der Waals surface area (Å²) in [5.74, 6) is -0.850. The van der Waals surface area contributed by atoms with Crippen molar-refractivity contribution in [3.63, 3.8) is 0 Å². The Kier molecular flexibility index (Phi) is 8.28. The van der Waals surface area contributed by atoms with Gasteiger partial charge in [0.25, 0.3) is 0 Å². The third kappa shape index (κ3) is 5.23. The minimum atomic E-state index is -0.400. The number of carbonyl (C=O) groups is 1. The number of aliphatic hydroxyl groups is 1. The van der Waals surface area contributed by atoms with Gasteiger partial charge in [0.1, 0.15) is 5.82 Å². The largest absolute Gasteiger partial charge is 0.642 e. The number of fused-ring (bicyclic) bond motifs is 9. The first kappa shape index (κ1) is 28.5. The molecule has 2 unspecified atom stereocenters. The normalized spacial score (nSPS) is 19.2. The van der Waals surface area contributed by atoms with Crippen molar-refractivity contribution < 1.29 is 45.9 Å². The van der Waals surface area contributed by atoms with Crippen molar-refractivity contribution in [2.75, 3.05) is 0 Å². The monoisotopic (exact) mass is 698 g/mol. The quantitative estimate of drug-likeness (QED) is 0.177. The van der Waals surface area contributed by atoms with Crippen molar-refractivity contribution >= 4 is 11.4 Å². The molecule has 200 valence electrons. The third-order valence-electron chi connectivity index (χ3n) is 7.37. The number of amides is 1. The van der Waals surface area contributed by atoms with E-state index in [0.717, 1.165) is 40.7 Å². The Morgan fingerprint density at radius 2 is 1.90 bits per heavy atom. The van der Waals surface area contributed by atoms with Crippen LogP contribution < -0.4 is 0 Å². The number of nitrogens with zero attached hydrogens (tertiary/aromatic N) is 5. The van der Waals surface area contributed by atoms with Crippen molar-refractivity contribution in [2.45, 2.75) is 50.2 Å². The van der Waals surface area contributed by atoms with Crippen LogP contribution in [0.2, 0.25) is 0 Å². The van der Waals surface area contributed by atoms with Gasteiger partial charge in [-0.2, -0.15) is 10.4 Å². The van der Waals surface area contributed by atoms with Crippen LogP contribution >= 0.6 is 0 Å². The second kappa shape index (κ2) is 11.3. The van der Waals surface area contributed by atoms with Gasteiger partial charge in [-0.05, 0) is 68.0 Å². The van der Waals surface area contributed by atoms with Crippen molar-refractivity contribution in [2.24, 2.45) is 0 Å². The molecule has 2 atom stereocenters. The minimum Gasteiger partial charge on any atom is -0.642 e. The van der Waals surface area contributed by atoms with Gasteiger partial charge in [-0.3, -0.25) is 15.5 Å². The zero-order valence-corrected chi connectivity index (χ0v) is 23.9. The first-order valence-corrected chi connectivity index (χ1v) is 12.2. The van der Waals surface area contributed by atoms with Crippen molar-refractivity contribution in [3.05, 3.63) is 94.1 Å². The van der Waals surface area contributed by atoms with E-state index in [1.807, 2.05) is 25.3 Å². The summed E-state index contributed by atoms with van der Waals surface area (Å²) in [5.41, 5.74) is 5.51. The van der Waals surface area contributed by atoms with Crippen molar-refractivity contribution in [1.82, 2.24) is 14.6 Å². The molecule has 39 heavy (non-hydrogen) atoms. The number of halogens is 1. The molecule has 11 heteroatoms. The molecule has 1 aromatic carbocycles. The topological polar surface area (TPSA) is 146 Å². The smallest absolute Gasteiger partial charge is 0.142 e. The maximum atomic E-state index is 13.7. The van der Waals surface area contributed by atoms with E-state index < -0.39 is 5.82 Å². The van der Waals surface area contributed by atoms with Crippen LogP contribution in [0, 0.1) is 17.1 Å². The molecule has 4 aromatic rings. The van der Waals surface area contributed by atoms with Crippen molar-refractivity contribution in [3.8, 4) is 17.2 Å². The fourth-order valence-corrected chi connectivity index (χ4v) is 5.39. The summed E-state index contributed by atoms with van der Waals surface area (Å²) in [6.07, 6.45) is 8.44. The number of aromatic nitrogens is 3. The second-order valence-corrected chi connectivity index (χ2v) is 9.90. The van der Waals surface area contributed by atoms with Gasteiger partial charge in [-0.25, -0.2) is 8.91 Å². The van der Waals surface area contributed by atoms with E-state index in [1.165, 1.54) is 18.7 Å². The molecule has 3 aliphatic rings. The molecule has 3 N–H and O–H groups in total. The fourth-order valence-electron chi connectivity index (χ4n) is 5.39. The Balaban J connectivity index is 0.000000344. The predicted molar refractivity (Wildman–Crippen MR) is 136 cm³/mol. The molecule has 7 rings (SSSR count). The Hall–Kier alpha value is -3.48. The first-order chi connectivity index (χ1) is 18.3. The Labute approximate surface area is 238 Å². The number of pyridine rings is 2. The molecule has 0 radical (unpaired) electrons. The number of hydrogen-bond acceptors (Lipinski definition) is 7. The van der Waals surface area contributed by atoms with Crippen LogP contribution in [0.3, 0.4) is 0 Å². The van der Waals surface area contributed by atoms with E-state index in [-0.39, 0.29) is 44.5 Å². The zero-order chi connectivity index (χ0) is 27.0. The van der Waals surface area contributed by atoms with Gasteiger partial charge in [0, 0.05) is 56.1 Å². The SMILES string of the molecule is CC1(O)CCC1.N#Cc1cccc2c1C1CC([N-]C2=O)c2nn3ccc(-c4cncc(F)c4)cc3c21.OO.[W]. The molecule has 1 fully saturated rings. The third-order valence-corrected chi connectivity index (χ3v) is 7.37. The molecular formula is C28H25FN5O4W-. The average Bonchev–Trinajstić information content (AvgIpc) is 3.41. The zero-order valence-electron chi connectivity index (χ0n) is 21.0. The number of carbonyl (C=O) groups excluding carboxylic acids is 1. The first-order valence-electron chi connectivity index (χ1n) is 12.2. The van der Waals surface area contributed by atoms with Crippen LogP contribution in [0.5, 0.6) is 0 Å². The van der Waals surface area contributed by atoms with E-state index >= 15 is 0 Å². The van der Waals surface area contributed by atoms with Gasteiger partial charge in [0.05, 0.1) is 40.5 Å². The summed E-state index contributed by atoms with van der Waals surface area (Å²) in [4.78, 5) is 16.6. The van der Waals surface area contributed by atoms with Gasteiger partial charge in [0.2, 0.25) is 0 Å². The molecule has 1 aliphatic heterocycles. The van der Waals surface area contributed by atoms with Crippen LogP contribution in [0.25, 0.3) is 22.0 Å². The summed E-state index contributed by atoms with van der Waals surface area (Å²) >= 11 is 0. The standard InChI is InChI=1S/C23H14FN5O.C5H10O.H2O2.W/c24-15-6-14(10-26-11-15)12-4-5-29-19(7-12)21-17-8-18(22(21)28-29)27-23(30)16-3-1-2-13(9-25)20(16)17;1-5(6)3-2-4-5;1-2;/h1-7,10-11,17-18H,8H2,(H,27,30);6H,2-4H2,1H3;1-2H;/p-1. The second-order valence-electron chi connectivity index (χ2n) is 9.90. The van der Waals surface area contributed by atoms with E-state index in [0.29, 0.717) is 23.1 Å². The van der Waals surface area contributed by atoms with E-state index in [2.05, 4.69) is 16.4 Å². The average molecular weight is 698 g/mol. The molecule has 1 amide bonds. The van der Waals surface area contributed by atoms with E-state index in [9.17, 15) is 14.4 Å². The van der Waals surface area contributed by atoms with E-state index in [4.69, 9.17) is 20.7 Å². The summed E-state index contributed by atoms with van der Waals surface area (Å²) in [5, 5.41) is 39.7. The van der Waals surface area contributed by atoms with E-state index in [1.54, 1.807) is 28.9 Å². The van der Waals surface area contributed by atoms with Gasteiger partial charge in [-0.1, -0.05) is 18.2 Å². The van der Waals surface area contributed by atoms with Gasteiger partial charge in [0.15, 0.2) is 0 Å². The Morgan fingerprint density at radius 1 is 1.15 bits per heavy atom. The maximum Gasteiger partial charge on any atom is 0.142 e. The molecule has 2 aliphatic carbocycles. The summed E-state index contributed by atoms with van der Waals surface area (Å²) < 4.78 is 15.4. The Bertz CT molecular complexity index is 1580. The van der Waals surface area contributed by atoms with Crippen LogP contribution in [-0.4, -0.2) is 41.7 Å². The predicted octanol–water partition coefficient (Wildman–Crippen LogP) is 5.45. The van der Waals surface area contributed by atoms with Gasteiger partial charge >= 0.3 is 0 Å². The molecule has 0 saturated heterocycles. The molecule has 0 spiro atoms. The Morgan fingerprint density at radius 3 is 2.54 bits per heavy atom. The maximum absolute atomic E-state index is 13.7. The minimum absolute atomic E-state index is 0.